The van der Waals surface area contributed by atoms with E-state index in [-0.39, 0.29) is 31.9 Å². The van der Waals surface area contributed by atoms with Crippen LogP contribution in [-0.2, 0) is 14.8 Å². The summed E-state index contributed by atoms with van der Waals surface area (Å²) >= 11 is 11.9. The van der Waals surface area contributed by atoms with Gasteiger partial charge >= 0.3 is 12.0 Å². The lowest BCUT2D eigenvalue weighted by Gasteiger charge is -2.19. The zero-order valence-electron chi connectivity index (χ0n) is 20.7. The van der Waals surface area contributed by atoms with Crippen LogP contribution in [0.2, 0.25) is 10.0 Å². The smallest absolute Gasteiger partial charge is 0.319 e. The second-order valence-electron chi connectivity index (χ2n) is 8.39. The van der Waals surface area contributed by atoms with Gasteiger partial charge in [-0.05, 0) is 60.5 Å². The maximum Gasteiger partial charge on any atom is 0.319 e. The van der Waals surface area contributed by atoms with Crippen LogP contribution in [0.25, 0.3) is 0 Å². The van der Waals surface area contributed by atoms with Gasteiger partial charge in [0.2, 0.25) is 0 Å². The monoisotopic (exact) mass is 592 g/mol. The molecule has 0 aromatic heterocycles. The zero-order chi connectivity index (χ0) is 28.6. The molecule has 0 bridgehead atoms. The SMILES string of the molecule is CCCNC(=O)Nc1cccc(S(=O)(=O)Nc2cccc(C(CC(=O)O)NC(=O)c3ccc(Cl)c(Cl)c3)c2)c1. The number of sulfonamides is 1. The van der Waals surface area contributed by atoms with Gasteiger partial charge in [0.05, 0.1) is 27.4 Å². The number of benzene rings is 3. The van der Waals surface area contributed by atoms with Crippen LogP contribution in [-0.4, -0.2) is 38.0 Å². The fraction of sp³-hybridized carbons (Fsp3) is 0.192. The first-order valence-corrected chi connectivity index (χ1v) is 14.0. The molecule has 1 atom stereocenters. The number of carbonyl (C=O) groups is 3. The normalized spacial score (nSPS) is 11.8. The van der Waals surface area contributed by atoms with Crippen LogP contribution in [0.5, 0.6) is 0 Å². The number of carboxylic acids is 1. The van der Waals surface area contributed by atoms with E-state index in [4.69, 9.17) is 23.2 Å². The van der Waals surface area contributed by atoms with E-state index in [0.29, 0.717) is 12.1 Å². The molecule has 0 aliphatic heterocycles. The van der Waals surface area contributed by atoms with Gasteiger partial charge in [-0.3, -0.25) is 14.3 Å². The largest absolute Gasteiger partial charge is 0.481 e. The van der Waals surface area contributed by atoms with Crippen molar-refractivity contribution in [2.45, 2.75) is 30.7 Å². The summed E-state index contributed by atoms with van der Waals surface area (Å²) in [6.07, 6.45) is 0.286. The van der Waals surface area contributed by atoms with Crippen molar-refractivity contribution in [1.82, 2.24) is 10.6 Å². The van der Waals surface area contributed by atoms with Gasteiger partial charge in [-0.25, -0.2) is 13.2 Å². The molecule has 3 amide bonds. The molecule has 0 saturated carbocycles. The van der Waals surface area contributed by atoms with E-state index in [2.05, 4.69) is 20.7 Å². The summed E-state index contributed by atoms with van der Waals surface area (Å²) in [5.41, 5.74) is 0.958. The van der Waals surface area contributed by atoms with E-state index in [1.165, 1.54) is 54.6 Å². The molecule has 0 heterocycles. The van der Waals surface area contributed by atoms with Crippen LogP contribution in [0.1, 0.15) is 41.7 Å². The third-order valence-corrected chi connectivity index (χ3v) is 7.46. The summed E-state index contributed by atoms with van der Waals surface area (Å²) in [7, 11) is -4.08. The second-order valence-corrected chi connectivity index (χ2v) is 10.9. The zero-order valence-corrected chi connectivity index (χ0v) is 23.0. The molecule has 0 saturated heterocycles. The first kappa shape index (κ1) is 29.8. The minimum absolute atomic E-state index is 0.101. The Kier molecular flexibility index (Phi) is 10.2. The molecule has 3 rings (SSSR count). The summed E-state index contributed by atoms with van der Waals surface area (Å²) in [6, 6.07) is 14.5. The van der Waals surface area contributed by atoms with Gasteiger partial charge in [-0.1, -0.05) is 48.3 Å². The predicted molar refractivity (Wildman–Crippen MR) is 150 cm³/mol. The van der Waals surface area contributed by atoms with Crippen molar-refractivity contribution in [3.8, 4) is 0 Å². The third-order valence-electron chi connectivity index (χ3n) is 5.34. The van der Waals surface area contributed by atoms with Gasteiger partial charge < -0.3 is 21.1 Å². The van der Waals surface area contributed by atoms with Crippen molar-refractivity contribution in [3.63, 3.8) is 0 Å². The summed E-state index contributed by atoms with van der Waals surface area (Å²) in [5.74, 6) is -1.76. The minimum Gasteiger partial charge on any atom is -0.481 e. The Morgan fingerprint density at radius 2 is 1.64 bits per heavy atom. The summed E-state index contributed by atoms with van der Waals surface area (Å²) in [6.45, 7) is 2.38. The van der Waals surface area contributed by atoms with Crippen LogP contribution >= 0.6 is 23.2 Å². The Balaban J connectivity index is 1.81. The number of aliphatic carboxylic acids is 1. The highest BCUT2D eigenvalue weighted by molar-refractivity contribution is 7.92. The molecule has 0 aliphatic carbocycles. The molecule has 0 radical (unpaired) electrons. The quantitative estimate of drug-likeness (QED) is 0.204. The number of hydrogen-bond donors (Lipinski definition) is 5. The molecule has 0 aliphatic rings. The molecular formula is C26H26Cl2N4O6S. The lowest BCUT2D eigenvalue weighted by atomic mass is 10.0. The van der Waals surface area contributed by atoms with Crippen molar-refractivity contribution < 1.29 is 27.9 Å². The van der Waals surface area contributed by atoms with Crippen molar-refractivity contribution in [2.24, 2.45) is 0 Å². The van der Waals surface area contributed by atoms with E-state index >= 15 is 0 Å². The van der Waals surface area contributed by atoms with Gasteiger partial charge in [-0.2, -0.15) is 0 Å². The number of carbonyl (C=O) groups excluding carboxylic acids is 2. The third kappa shape index (κ3) is 8.60. The maximum absolute atomic E-state index is 13.1. The lowest BCUT2D eigenvalue weighted by molar-refractivity contribution is -0.137. The molecule has 3 aromatic carbocycles. The molecule has 3 aromatic rings. The molecule has 5 N–H and O–H groups in total. The Labute approximate surface area is 235 Å². The van der Waals surface area contributed by atoms with E-state index in [0.717, 1.165) is 6.42 Å². The Hall–Kier alpha value is -3.80. The molecule has 39 heavy (non-hydrogen) atoms. The Bertz CT molecular complexity index is 1480. The number of nitrogens with one attached hydrogen (secondary N) is 4. The minimum atomic E-state index is -4.08. The molecule has 1 unspecified atom stereocenters. The highest BCUT2D eigenvalue weighted by Gasteiger charge is 2.21. The first-order chi connectivity index (χ1) is 18.5. The van der Waals surface area contributed by atoms with Crippen molar-refractivity contribution in [2.75, 3.05) is 16.6 Å². The van der Waals surface area contributed by atoms with E-state index in [1.807, 2.05) is 6.92 Å². The number of urea groups is 1. The summed E-state index contributed by atoms with van der Waals surface area (Å²) in [4.78, 5) is 36.1. The maximum atomic E-state index is 13.1. The fourth-order valence-electron chi connectivity index (χ4n) is 3.49. The van der Waals surface area contributed by atoms with Gasteiger partial charge in [-0.15, -0.1) is 0 Å². The van der Waals surface area contributed by atoms with Crippen LogP contribution in [0, 0.1) is 0 Å². The van der Waals surface area contributed by atoms with Crippen LogP contribution in [0.3, 0.4) is 0 Å². The van der Waals surface area contributed by atoms with Crippen LogP contribution in [0.15, 0.2) is 71.6 Å². The number of halogens is 2. The number of hydrogen-bond acceptors (Lipinski definition) is 5. The highest BCUT2D eigenvalue weighted by Crippen LogP contribution is 2.26. The van der Waals surface area contributed by atoms with E-state index in [9.17, 15) is 27.9 Å². The fourth-order valence-corrected chi connectivity index (χ4v) is 4.89. The lowest BCUT2D eigenvalue weighted by Crippen LogP contribution is -2.30. The van der Waals surface area contributed by atoms with Crippen LogP contribution in [0.4, 0.5) is 16.2 Å². The van der Waals surface area contributed by atoms with E-state index < -0.39 is 40.4 Å². The van der Waals surface area contributed by atoms with Crippen molar-refractivity contribution in [3.05, 3.63) is 87.9 Å². The molecule has 13 heteroatoms. The van der Waals surface area contributed by atoms with Crippen LogP contribution < -0.4 is 20.7 Å². The molecule has 206 valence electrons. The van der Waals surface area contributed by atoms with E-state index in [1.54, 1.807) is 12.1 Å². The molecular weight excluding hydrogens is 567 g/mol. The van der Waals surface area contributed by atoms with Crippen molar-refractivity contribution in [1.29, 1.82) is 0 Å². The Morgan fingerprint density at radius 1 is 0.923 bits per heavy atom. The highest BCUT2D eigenvalue weighted by atomic mass is 35.5. The summed E-state index contributed by atoms with van der Waals surface area (Å²) < 4.78 is 28.6. The number of carboxylic acid groups (broad SMARTS) is 1. The average molecular weight is 593 g/mol. The topological polar surface area (TPSA) is 154 Å². The summed E-state index contributed by atoms with van der Waals surface area (Å²) in [5, 5.41) is 17.7. The number of anilines is 2. The standard InChI is InChI=1S/C26H26Cl2N4O6S/c1-2-11-29-26(36)30-18-6-4-8-20(14-18)39(37,38)32-19-7-3-5-16(12-19)23(15-24(33)34)31-25(35)17-9-10-21(27)22(28)13-17/h3-10,12-14,23,32H,2,11,15H2,1H3,(H,31,35)(H,33,34)(H2,29,30,36). The van der Waals surface area contributed by atoms with Gasteiger partial charge in [0.25, 0.3) is 15.9 Å². The molecule has 0 fully saturated rings. The molecule has 10 nitrogen and oxygen atoms in total. The van der Waals surface area contributed by atoms with Crippen molar-refractivity contribution >= 4 is 62.5 Å². The number of rotatable bonds is 11. The van der Waals surface area contributed by atoms with Gasteiger partial charge in [0, 0.05) is 23.5 Å². The second kappa shape index (κ2) is 13.3. The average Bonchev–Trinajstić information content (AvgIpc) is 2.88. The molecule has 0 spiro atoms. The first-order valence-electron chi connectivity index (χ1n) is 11.7. The Morgan fingerprint density at radius 3 is 2.33 bits per heavy atom. The predicted octanol–water partition coefficient (Wildman–Crippen LogP) is 5.27. The van der Waals surface area contributed by atoms with Gasteiger partial charge in [0.1, 0.15) is 0 Å². The van der Waals surface area contributed by atoms with Gasteiger partial charge in [0.15, 0.2) is 0 Å². The number of amides is 3.